The summed E-state index contributed by atoms with van der Waals surface area (Å²) in [5.74, 6) is 0.595. The molecule has 3 N–H and O–H groups in total. The summed E-state index contributed by atoms with van der Waals surface area (Å²) in [6.07, 6.45) is 0.913. The van der Waals surface area contributed by atoms with Crippen LogP contribution >= 0.6 is 0 Å². The van der Waals surface area contributed by atoms with Gasteiger partial charge in [-0.2, -0.15) is 0 Å². The molecule has 82 valence electrons. The summed E-state index contributed by atoms with van der Waals surface area (Å²) >= 11 is 0. The maximum Gasteiger partial charge on any atom is 0.0582 e. The fourth-order valence-corrected chi connectivity index (χ4v) is 0.884. The average molecular weight is 191 g/mol. The van der Waals surface area contributed by atoms with Crippen molar-refractivity contribution in [3.63, 3.8) is 0 Å². The monoisotopic (exact) mass is 191 g/mol. The molecule has 1 atom stereocenters. The topological polar surface area (TPSA) is 55.5 Å². The molecule has 0 aromatic heterocycles. The van der Waals surface area contributed by atoms with Gasteiger partial charge in [0.15, 0.2) is 0 Å². The SMILES string of the molecule is CC(C)CC(N)CO.CCOCC. The Morgan fingerprint density at radius 1 is 1.23 bits per heavy atom. The fraction of sp³-hybridized carbons (Fsp3) is 1.00. The van der Waals surface area contributed by atoms with E-state index in [0.717, 1.165) is 19.6 Å². The largest absolute Gasteiger partial charge is 0.395 e. The van der Waals surface area contributed by atoms with Crippen LogP contribution in [-0.4, -0.2) is 31.0 Å². The van der Waals surface area contributed by atoms with Gasteiger partial charge in [-0.1, -0.05) is 13.8 Å². The number of aliphatic hydroxyl groups is 1. The minimum Gasteiger partial charge on any atom is -0.395 e. The van der Waals surface area contributed by atoms with Gasteiger partial charge in [0.25, 0.3) is 0 Å². The highest BCUT2D eigenvalue weighted by atomic mass is 16.5. The summed E-state index contributed by atoms with van der Waals surface area (Å²) in [7, 11) is 0. The van der Waals surface area contributed by atoms with E-state index >= 15 is 0 Å². The third kappa shape index (κ3) is 18.7. The van der Waals surface area contributed by atoms with Crippen molar-refractivity contribution in [2.45, 2.75) is 40.2 Å². The second-order valence-electron chi connectivity index (χ2n) is 3.35. The summed E-state index contributed by atoms with van der Waals surface area (Å²) in [6, 6.07) is -0.0185. The molecule has 0 radical (unpaired) electrons. The highest BCUT2D eigenvalue weighted by molar-refractivity contribution is 4.60. The Bertz CT molecular complexity index is 85.0. The maximum atomic E-state index is 8.46. The smallest absolute Gasteiger partial charge is 0.0582 e. The zero-order chi connectivity index (χ0) is 10.7. The zero-order valence-corrected chi connectivity index (χ0v) is 9.42. The van der Waals surface area contributed by atoms with Crippen molar-refractivity contribution in [3.05, 3.63) is 0 Å². The molecule has 0 rings (SSSR count). The van der Waals surface area contributed by atoms with Crippen LogP contribution in [0, 0.1) is 5.92 Å². The van der Waals surface area contributed by atoms with Gasteiger partial charge in [-0.15, -0.1) is 0 Å². The first-order valence-corrected chi connectivity index (χ1v) is 5.02. The van der Waals surface area contributed by atoms with Crippen LogP contribution in [0.3, 0.4) is 0 Å². The van der Waals surface area contributed by atoms with E-state index in [1.54, 1.807) is 0 Å². The molecule has 0 bridgehead atoms. The highest BCUT2D eigenvalue weighted by Crippen LogP contribution is 2.00. The van der Waals surface area contributed by atoms with Gasteiger partial charge >= 0.3 is 0 Å². The molecule has 13 heavy (non-hydrogen) atoms. The second kappa shape index (κ2) is 11.9. The highest BCUT2D eigenvalue weighted by Gasteiger charge is 2.01. The lowest BCUT2D eigenvalue weighted by Gasteiger charge is -2.09. The predicted octanol–water partition coefficient (Wildman–Crippen LogP) is 1.39. The van der Waals surface area contributed by atoms with Crippen molar-refractivity contribution >= 4 is 0 Å². The number of ether oxygens (including phenoxy) is 1. The first-order chi connectivity index (χ1) is 6.08. The maximum absolute atomic E-state index is 8.46. The van der Waals surface area contributed by atoms with Crippen LogP contribution in [0.15, 0.2) is 0 Å². The molecule has 0 aliphatic carbocycles. The summed E-state index contributed by atoms with van der Waals surface area (Å²) < 4.78 is 4.83. The molecule has 0 aliphatic heterocycles. The molecule has 1 unspecified atom stereocenters. The van der Waals surface area contributed by atoms with Crippen LogP contribution < -0.4 is 5.73 Å². The molecule has 0 fully saturated rings. The van der Waals surface area contributed by atoms with Crippen LogP contribution in [0.2, 0.25) is 0 Å². The van der Waals surface area contributed by atoms with Crippen molar-refractivity contribution in [3.8, 4) is 0 Å². The lowest BCUT2D eigenvalue weighted by atomic mass is 10.1. The first kappa shape index (κ1) is 15.4. The number of nitrogens with two attached hydrogens (primary N) is 1. The van der Waals surface area contributed by atoms with E-state index in [1.165, 1.54) is 0 Å². The predicted molar refractivity (Wildman–Crippen MR) is 56.7 cm³/mol. The van der Waals surface area contributed by atoms with E-state index in [4.69, 9.17) is 15.6 Å². The Labute approximate surface area is 82.3 Å². The van der Waals surface area contributed by atoms with Gasteiger partial charge in [-0.05, 0) is 26.2 Å². The van der Waals surface area contributed by atoms with Gasteiger partial charge in [-0.25, -0.2) is 0 Å². The number of aliphatic hydroxyl groups excluding tert-OH is 1. The first-order valence-electron chi connectivity index (χ1n) is 5.02. The molecule has 0 aliphatic rings. The van der Waals surface area contributed by atoms with Gasteiger partial charge in [0.2, 0.25) is 0 Å². The minimum atomic E-state index is -0.0185. The van der Waals surface area contributed by atoms with E-state index in [-0.39, 0.29) is 12.6 Å². The molecule has 0 saturated carbocycles. The van der Waals surface area contributed by atoms with Crippen LogP contribution in [0.4, 0.5) is 0 Å². The van der Waals surface area contributed by atoms with Crippen molar-refractivity contribution in [1.82, 2.24) is 0 Å². The number of hydrogen-bond donors (Lipinski definition) is 2. The van der Waals surface area contributed by atoms with E-state index in [0.29, 0.717) is 5.92 Å². The third-order valence-electron chi connectivity index (χ3n) is 1.42. The lowest BCUT2D eigenvalue weighted by Crippen LogP contribution is -2.25. The molecule has 0 aromatic carbocycles. The number of rotatable bonds is 5. The Hall–Kier alpha value is -0.120. The van der Waals surface area contributed by atoms with Crippen molar-refractivity contribution in [2.75, 3.05) is 19.8 Å². The normalized spacial score (nSPS) is 12.2. The third-order valence-corrected chi connectivity index (χ3v) is 1.42. The van der Waals surface area contributed by atoms with Gasteiger partial charge in [0, 0.05) is 19.3 Å². The Balaban J connectivity index is 0. The van der Waals surface area contributed by atoms with E-state index in [1.807, 2.05) is 13.8 Å². The number of hydrogen-bond acceptors (Lipinski definition) is 3. The lowest BCUT2D eigenvalue weighted by molar-refractivity contribution is 0.162. The summed E-state index contributed by atoms with van der Waals surface area (Å²) in [4.78, 5) is 0. The van der Waals surface area contributed by atoms with Crippen molar-refractivity contribution in [2.24, 2.45) is 11.7 Å². The van der Waals surface area contributed by atoms with E-state index < -0.39 is 0 Å². The minimum absolute atomic E-state index is 0.0185. The summed E-state index contributed by atoms with van der Waals surface area (Å²) in [5.41, 5.74) is 5.42. The zero-order valence-electron chi connectivity index (χ0n) is 9.42. The molecule has 3 nitrogen and oxygen atoms in total. The van der Waals surface area contributed by atoms with Crippen LogP contribution in [0.1, 0.15) is 34.1 Å². The summed E-state index contributed by atoms with van der Waals surface area (Å²) in [6.45, 7) is 9.96. The van der Waals surface area contributed by atoms with Crippen molar-refractivity contribution < 1.29 is 9.84 Å². The Morgan fingerprint density at radius 3 is 1.77 bits per heavy atom. The van der Waals surface area contributed by atoms with Gasteiger partial charge in [0.1, 0.15) is 0 Å². The molecule has 3 heteroatoms. The van der Waals surface area contributed by atoms with E-state index in [9.17, 15) is 0 Å². The molecule has 0 aromatic rings. The Kier molecular flexibility index (Phi) is 14.0. The molecule has 0 spiro atoms. The van der Waals surface area contributed by atoms with Gasteiger partial charge in [0.05, 0.1) is 6.61 Å². The molecule has 0 amide bonds. The van der Waals surface area contributed by atoms with Gasteiger partial charge < -0.3 is 15.6 Å². The summed E-state index contributed by atoms with van der Waals surface area (Å²) in [5, 5.41) is 8.46. The average Bonchev–Trinajstić information content (AvgIpc) is 2.06. The molecule has 0 heterocycles. The fourth-order valence-electron chi connectivity index (χ4n) is 0.884. The molecular formula is C10H25NO2. The van der Waals surface area contributed by atoms with Crippen LogP contribution in [0.5, 0.6) is 0 Å². The van der Waals surface area contributed by atoms with E-state index in [2.05, 4.69) is 13.8 Å². The second-order valence-corrected chi connectivity index (χ2v) is 3.35. The standard InChI is InChI=1S/C6H15NO.C4H10O/c1-5(2)3-6(7)4-8;1-3-5-4-2/h5-6,8H,3-4,7H2,1-2H3;3-4H2,1-2H3. The van der Waals surface area contributed by atoms with Crippen LogP contribution in [0.25, 0.3) is 0 Å². The molecule has 0 saturated heterocycles. The molecular weight excluding hydrogens is 166 g/mol. The quantitative estimate of drug-likeness (QED) is 0.690. The Morgan fingerprint density at radius 2 is 1.69 bits per heavy atom. The van der Waals surface area contributed by atoms with Gasteiger partial charge in [-0.3, -0.25) is 0 Å². The van der Waals surface area contributed by atoms with Crippen LogP contribution in [-0.2, 0) is 4.74 Å². The van der Waals surface area contributed by atoms with Crippen molar-refractivity contribution in [1.29, 1.82) is 0 Å².